The van der Waals surface area contributed by atoms with Crippen LogP contribution in [-0.4, -0.2) is 23.6 Å². The maximum absolute atomic E-state index is 12.9. The van der Waals surface area contributed by atoms with Gasteiger partial charge in [-0.3, -0.25) is 9.59 Å². The number of hydrogen-bond acceptors (Lipinski definition) is 4. The SMILES string of the molecule is Cc1ccccc1N1C(=O)C2ON=C(c3ccc(Cl)cc3)C2C1=O. The fourth-order valence-corrected chi connectivity index (χ4v) is 3.21. The Morgan fingerprint density at radius 2 is 1.75 bits per heavy atom. The molecule has 1 saturated heterocycles. The van der Waals surface area contributed by atoms with Crippen LogP contribution in [0, 0.1) is 12.8 Å². The van der Waals surface area contributed by atoms with Crippen LogP contribution in [0.4, 0.5) is 5.69 Å². The summed E-state index contributed by atoms with van der Waals surface area (Å²) >= 11 is 5.90. The van der Waals surface area contributed by atoms with E-state index in [1.165, 1.54) is 4.90 Å². The van der Waals surface area contributed by atoms with Gasteiger partial charge in [-0.25, -0.2) is 4.90 Å². The largest absolute Gasteiger partial charge is 0.381 e. The number of para-hydroxylation sites is 1. The van der Waals surface area contributed by atoms with Crippen molar-refractivity contribution in [2.24, 2.45) is 11.1 Å². The number of aryl methyl sites for hydroxylation is 1. The molecule has 4 rings (SSSR count). The Kier molecular flexibility index (Phi) is 3.39. The van der Waals surface area contributed by atoms with Crippen molar-refractivity contribution in [1.29, 1.82) is 0 Å². The zero-order valence-electron chi connectivity index (χ0n) is 12.8. The van der Waals surface area contributed by atoms with Crippen molar-refractivity contribution in [2.75, 3.05) is 4.90 Å². The lowest BCUT2D eigenvalue weighted by molar-refractivity contribution is -0.126. The molecule has 0 radical (unpaired) electrons. The molecular formula is C18H13ClN2O3. The highest BCUT2D eigenvalue weighted by molar-refractivity contribution is 6.33. The standard InChI is InChI=1S/C18H13ClN2O3/c1-10-4-2-3-5-13(10)21-17(22)14-15(20-24-16(14)18(21)23)11-6-8-12(19)9-7-11/h2-9,14,16H,1H3. The predicted octanol–water partition coefficient (Wildman–Crippen LogP) is 2.94. The number of hydrogen-bond donors (Lipinski definition) is 0. The van der Waals surface area contributed by atoms with Crippen LogP contribution in [-0.2, 0) is 14.4 Å². The summed E-state index contributed by atoms with van der Waals surface area (Å²) in [4.78, 5) is 32.1. The van der Waals surface area contributed by atoms with Crippen LogP contribution in [0.5, 0.6) is 0 Å². The third kappa shape index (κ3) is 2.12. The average molecular weight is 341 g/mol. The fourth-order valence-electron chi connectivity index (χ4n) is 3.09. The van der Waals surface area contributed by atoms with E-state index in [4.69, 9.17) is 16.4 Å². The molecule has 24 heavy (non-hydrogen) atoms. The number of oxime groups is 1. The first kappa shape index (κ1) is 14.9. The minimum atomic E-state index is -0.900. The molecule has 2 aromatic carbocycles. The Balaban J connectivity index is 1.73. The number of halogens is 1. The third-order valence-electron chi connectivity index (χ3n) is 4.31. The molecule has 2 atom stereocenters. The molecule has 2 heterocycles. The summed E-state index contributed by atoms with van der Waals surface area (Å²) < 4.78 is 0. The molecule has 0 aliphatic carbocycles. The topological polar surface area (TPSA) is 59.0 Å². The van der Waals surface area contributed by atoms with E-state index in [9.17, 15) is 9.59 Å². The van der Waals surface area contributed by atoms with E-state index in [1.807, 2.05) is 19.1 Å². The van der Waals surface area contributed by atoms with E-state index in [1.54, 1.807) is 36.4 Å². The van der Waals surface area contributed by atoms with Crippen molar-refractivity contribution in [1.82, 2.24) is 0 Å². The van der Waals surface area contributed by atoms with E-state index < -0.39 is 12.0 Å². The highest BCUT2D eigenvalue weighted by atomic mass is 35.5. The lowest BCUT2D eigenvalue weighted by Crippen LogP contribution is -2.33. The number of carbonyl (C=O) groups excluding carboxylic acids is 2. The quantitative estimate of drug-likeness (QED) is 0.790. The van der Waals surface area contributed by atoms with Crippen LogP contribution < -0.4 is 4.90 Å². The van der Waals surface area contributed by atoms with Gasteiger partial charge in [0.25, 0.3) is 5.91 Å². The first-order valence-corrected chi connectivity index (χ1v) is 7.89. The van der Waals surface area contributed by atoms with E-state index in [-0.39, 0.29) is 11.8 Å². The number of imide groups is 1. The van der Waals surface area contributed by atoms with Gasteiger partial charge in [0.15, 0.2) is 0 Å². The zero-order chi connectivity index (χ0) is 16.8. The molecule has 2 aromatic rings. The number of rotatable bonds is 2. The Hall–Kier alpha value is -2.66. The van der Waals surface area contributed by atoms with Gasteiger partial charge in [0.1, 0.15) is 11.6 Å². The van der Waals surface area contributed by atoms with Crippen LogP contribution in [0.25, 0.3) is 0 Å². The average Bonchev–Trinajstić information content (AvgIpc) is 3.11. The molecule has 0 spiro atoms. The van der Waals surface area contributed by atoms with Crippen molar-refractivity contribution in [3.63, 3.8) is 0 Å². The van der Waals surface area contributed by atoms with Crippen LogP contribution in [0.3, 0.4) is 0 Å². The lowest BCUT2D eigenvalue weighted by atomic mass is 9.94. The summed E-state index contributed by atoms with van der Waals surface area (Å²) in [5.41, 5.74) is 2.62. The van der Waals surface area contributed by atoms with Crippen molar-refractivity contribution >= 4 is 34.8 Å². The summed E-state index contributed by atoms with van der Waals surface area (Å²) in [6, 6.07) is 14.2. The Morgan fingerprint density at radius 1 is 1.04 bits per heavy atom. The second-order valence-corrected chi connectivity index (χ2v) is 6.22. The Bertz CT molecular complexity index is 876. The van der Waals surface area contributed by atoms with Crippen LogP contribution in [0.15, 0.2) is 53.7 Å². The lowest BCUT2D eigenvalue weighted by Gasteiger charge is -2.17. The van der Waals surface area contributed by atoms with Gasteiger partial charge in [0.05, 0.1) is 5.69 Å². The number of anilines is 1. The van der Waals surface area contributed by atoms with E-state index >= 15 is 0 Å². The number of carbonyl (C=O) groups is 2. The molecule has 0 saturated carbocycles. The molecule has 0 aromatic heterocycles. The van der Waals surface area contributed by atoms with Gasteiger partial charge < -0.3 is 4.84 Å². The van der Waals surface area contributed by atoms with Crippen LogP contribution in [0.1, 0.15) is 11.1 Å². The fraction of sp³-hybridized carbons (Fsp3) is 0.167. The van der Waals surface area contributed by atoms with Crippen LogP contribution in [0.2, 0.25) is 5.02 Å². The molecule has 2 amide bonds. The summed E-state index contributed by atoms with van der Waals surface area (Å²) in [7, 11) is 0. The van der Waals surface area contributed by atoms with E-state index in [0.717, 1.165) is 11.1 Å². The molecule has 2 unspecified atom stereocenters. The van der Waals surface area contributed by atoms with E-state index in [0.29, 0.717) is 16.4 Å². The van der Waals surface area contributed by atoms with Crippen molar-refractivity contribution in [3.8, 4) is 0 Å². The van der Waals surface area contributed by atoms with E-state index in [2.05, 4.69) is 5.16 Å². The number of nitrogens with zero attached hydrogens (tertiary/aromatic N) is 2. The molecule has 2 aliphatic rings. The monoisotopic (exact) mass is 340 g/mol. The highest BCUT2D eigenvalue weighted by Gasteiger charge is 2.56. The maximum atomic E-state index is 12.9. The minimum Gasteiger partial charge on any atom is -0.381 e. The van der Waals surface area contributed by atoms with Gasteiger partial charge in [0, 0.05) is 10.6 Å². The molecule has 0 N–H and O–H groups in total. The second-order valence-electron chi connectivity index (χ2n) is 5.79. The second kappa shape index (κ2) is 5.46. The summed E-state index contributed by atoms with van der Waals surface area (Å²) in [5.74, 6) is -1.42. The van der Waals surface area contributed by atoms with Crippen molar-refractivity contribution in [2.45, 2.75) is 13.0 Å². The predicted molar refractivity (Wildman–Crippen MR) is 90.0 cm³/mol. The molecule has 1 fully saturated rings. The molecule has 120 valence electrons. The highest BCUT2D eigenvalue weighted by Crippen LogP contribution is 2.36. The van der Waals surface area contributed by atoms with Gasteiger partial charge in [-0.1, -0.05) is 47.1 Å². The van der Waals surface area contributed by atoms with Gasteiger partial charge in [-0.15, -0.1) is 0 Å². The Labute approximate surface area is 143 Å². The van der Waals surface area contributed by atoms with Crippen molar-refractivity contribution < 1.29 is 14.4 Å². The summed E-state index contributed by atoms with van der Waals surface area (Å²) in [6.45, 7) is 1.86. The van der Waals surface area contributed by atoms with Crippen LogP contribution >= 0.6 is 11.6 Å². The van der Waals surface area contributed by atoms with Gasteiger partial charge in [0.2, 0.25) is 12.0 Å². The van der Waals surface area contributed by atoms with Gasteiger partial charge in [-0.2, -0.15) is 0 Å². The third-order valence-corrected chi connectivity index (χ3v) is 4.56. The first-order chi connectivity index (χ1) is 11.6. The molecular weight excluding hydrogens is 328 g/mol. The van der Waals surface area contributed by atoms with Gasteiger partial charge in [-0.05, 0) is 30.7 Å². The molecule has 6 heteroatoms. The normalized spacial score (nSPS) is 22.4. The molecule has 0 bridgehead atoms. The number of amides is 2. The molecule has 2 aliphatic heterocycles. The van der Waals surface area contributed by atoms with Crippen molar-refractivity contribution in [3.05, 3.63) is 64.7 Å². The summed E-state index contributed by atoms with van der Waals surface area (Å²) in [6.07, 6.45) is -0.900. The first-order valence-electron chi connectivity index (χ1n) is 7.51. The number of benzene rings is 2. The Morgan fingerprint density at radius 3 is 2.46 bits per heavy atom. The zero-order valence-corrected chi connectivity index (χ0v) is 13.5. The number of fused-ring (bicyclic) bond motifs is 1. The maximum Gasteiger partial charge on any atom is 0.278 e. The minimum absolute atomic E-state index is 0.314. The molecule has 5 nitrogen and oxygen atoms in total. The smallest absolute Gasteiger partial charge is 0.278 e. The van der Waals surface area contributed by atoms with Gasteiger partial charge >= 0.3 is 0 Å². The summed E-state index contributed by atoms with van der Waals surface area (Å²) in [5, 5.41) is 4.56.